The number of benzene rings is 4. The Morgan fingerprint density at radius 3 is 2.42 bits per heavy atom. The first kappa shape index (κ1) is 20.9. The summed E-state index contributed by atoms with van der Waals surface area (Å²) in [6.45, 7) is 0. The van der Waals surface area contributed by atoms with Gasteiger partial charge in [0.2, 0.25) is 0 Å². The largest absolute Gasteiger partial charge is 0.476 e. The van der Waals surface area contributed by atoms with E-state index in [0.29, 0.717) is 5.39 Å². The Balaban J connectivity index is 1.45. The number of rotatable bonds is 3. The summed E-state index contributed by atoms with van der Waals surface area (Å²) in [6.07, 6.45) is 5.31. The van der Waals surface area contributed by atoms with E-state index in [-0.39, 0.29) is 17.5 Å². The maximum atomic E-state index is 12.1. The van der Waals surface area contributed by atoms with Crippen molar-refractivity contribution in [3.8, 4) is 0 Å². The molecule has 2 aromatic heterocycles. The summed E-state index contributed by atoms with van der Waals surface area (Å²) in [5.41, 5.74) is 4.65. The Kier molecular flexibility index (Phi) is 4.68. The van der Waals surface area contributed by atoms with Crippen LogP contribution < -0.4 is 0 Å². The van der Waals surface area contributed by atoms with Gasteiger partial charge in [-0.15, -0.1) is 0 Å². The number of aromatic carboxylic acids is 1. The first-order valence-electron chi connectivity index (χ1n) is 12.3. The Morgan fingerprint density at radius 1 is 0.833 bits per heavy atom. The minimum absolute atomic E-state index is 0.0266. The molecule has 1 N–H and O–H groups in total. The number of carboxylic acids is 1. The van der Waals surface area contributed by atoms with Crippen LogP contribution in [-0.4, -0.2) is 16.1 Å². The Labute approximate surface area is 207 Å². The minimum atomic E-state index is -0.998. The monoisotopic (exact) mass is 469 g/mol. The van der Waals surface area contributed by atoms with Gasteiger partial charge in [-0.25, -0.2) is 9.78 Å². The summed E-state index contributed by atoms with van der Waals surface area (Å²) in [4.78, 5) is 16.9. The molecule has 2 atom stereocenters. The van der Waals surface area contributed by atoms with Crippen LogP contribution in [0.1, 0.15) is 51.1 Å². The van der Waals surface area contributed by atoms with E-state index in [1.54, 1.807) is 6.26 Å². The molecule has 0 bridgehead atoms. The molecule has 1 aliphatic rings. The average molecular weight is 470 g/mol. The quantitative estimate of drug-likeness (QED) is 0.270. The van der Waals surface area contributed by atoms with Gasteiger partial charge in [0, 0.05) is 22.9 Å². The number of aromatic nitrogens is 1. The van der Waals surface area contributed by atoms with Crippen molar-refractivity contribution in [3.63, 3.8) is 0 Å². The number of nitrogens with zero attached hydrogens (tertiary/aromatic N) is 1. The number of pyridine rings is 1. The molecule has 0 radical (unpaired) electrons. The third-order valence-corrected chi connectivity index (χ3v) is 7.76. The summed E-state index contributed by atoms with van der Waals surface area (Å²) in [7, 11) is 0. The molecule has 6 aromatic rings. The highest BCUT2D eigenvalue weighted by molar-refractivity contribution is 6.09. The fraction of sp³-hybridized carbons (Fsp3) is 0.125. The lowest BCUT2D eigenvalue weighted by atomic mass is 9.69. The van der Waals surface area contributed by atoms with Gasteiger partial charge in [0.15, 0.2) is 5.69 Å². The van der Waals surface area contributed by atoms with Crippen LogP contribution in [0.15, 0.2) is 102 Å². The van der Waals surface area contributed by atoms with Crippen LogP contribution in [0.2, 0.25) is 0 Å². The summed E-state index contributed by atoms with van der Waals surface area (Å²) < 4.78 is 5.53. The van der Waals surface area contributed by atoms with Crippen LogP contribution in [0.4, 0.5) is 0 Å². The molecule has 2 unspecified atom stereocenters. The zero-order chi connectivity index (χ0) is 24.2. The van der Waals surface area contributed by atoms with E-state index in [4.69, 9.17) is 9.40 Å². The molecule has 4 nitrogen and oxygen atoms in total. The van der Waals surface area contributed by atoms with Crippen LogP contribution in [0.5, 0.6) is 0 Å². The van der Waals surface area contributed by atoms with Gasteiger partial charge in [-0.05, 0) is 68.6 Å². The summed E-state index contributed by atoms with van der Waals surface area (Å²) in [5, 5.41) is 16.6. The molecule has 0 fully saturated rings. The number of carboxylic acid groups (broad SMARTS) is 1. The highest BCUT2D eigenvalue weighted by Gasteiger charge is 2.35. The van der Waals surface area contributed by atoms with Crippen molar-refractivity contribution < 1.29 is 14.3 Å². The SMILES string of the molecule is O=C(O)c1nc(C2CCc3c(ccc4c3ccc3ccccc34)C2c2ccoc2)cc2ccccc12. The number of fused-ring (bicyclic) bond motifs is 6. The predicted molar refractivity (Wildman–Crippen MR) is 142 cm³/mol. The molecule has 174 valence electrons. The van der Waals surface area contributed by atoms with Crippen molar-refractivity contribution in [1.29, 1.82) is 0 Å². The van der Waals surface area contributed by atoms with Crippen LogP contribution in [0, 0.1) is 0 Å². The van der Waals surface area contributed by atoms with E-state index < -0.39 is 5.97 Å². The van der Waals surface area contributed by atoms with Gasteiger partial charge in [0.1, 0.15) is 0 Å². The van der Waals surface area contributed by atoms with E-state index in [2.05, 4.69) is 54.6 Å². The zero-order valence-corrected chi connectivity index (χ0v) is 19.5. The molecule has 0 saturated carbocycles. The number of aryl methyl sites for hydroxylation is 1. The molecule has 0 amide bonds. The summed E-state index contributed by atoms with van der Waals surface area (Å²) in [6, 6.07) is 29.2. The summed E-state index contributed by atoms with van der Waals surface area (Å²) >= 11 is 0. The van der Waals surface area contributed by atoms with Gasteiger partial charge in [0.05, 0.1) is 12.5 Å². The number of hydrogen-bond acceptors (Lipinski definition) is 3. The Morgan fingerprint density at radius 2 is 1.61 bits per heavy atom. The lowest BCUT2D eigenvalue weighted by Crippen LogP contribution is -2.22. The molecular formula is C32H23NO3. The van der Waals surface area contributed by atoms with Gasteiger partial charge >= 0.3 is 5.97 Å². The second-order valence-electron chi connectivity index (χ2n) is 9.62. The Bertz CT molecular complexity index is 1790. The van der Waals surface area contributed by atoms with Gasteiger partial charge in [-0.3, -0.25) is 0 Å². The van der Waals surface area contributed by atoms with Crippen molar-refractivity contribution >= 4 is 38.3 Å². The first-order valence-corrected chi connectivity index (χ1v) is 12.3. The molecule has 1 aliphatic carbocycles. The topological polar surface area (TPSA) is 63.3 Å². The van der Waals surface area contributed by atoms with E-state index in [1.807, 2.05) is 36.6 Å². The van der Waals surface area contributed by atoms with Gasteiger partial charge < -0.3 is 9.52 Å². The minimum Gasteiger partial charge on any atom is -0.476 e. The number of hydrogen-bond donors (Lipinski definition) is 1. The molecule has 0 aliphatic heterocycles. The summed E-state index contributed by atoms with van der Waals surface area (Å²) in [5.74, 6) is -0.934. The van der Waals surface area contributed by atoms with Gasteiger partial charge in [-0.1, -0.05) is 72.8 Å². The third kappa shape index (κ3) is 3.14. The normalized spacial score (nSPS) is 17.4. The maximum Gasteiger partial charge on any atom is 0.355 e. The molecule has 0 spiro atoms. The highest BCUT2D eigenvalue weighted by Crippen LogP contribution is 2.48. The van der Waals surface area contributed by atoms with Crippen LogP contribution >= 0.6 is 0 Å². The van der Waals surface area contributed by atoms with Crippen molar-refractivity contribution in [1.82, 2.24) is 4.98 Å². The van der Waals surface area contributed by atoms with Crippen molar-refractivity contribution in [3.05, 3.63) is 126 Å². The Hall–Kier alpha value is -4.44. The van der Waals surface area contributed by atoms with Crippen molar-refractivity contribution in [2.24, 2.45) is 0 Å². The standard InChI is InChI=1S/C32H23NO3/c34-32(35)31-23-8-4-2-6-20(23)17-29(33-31)28-14-12-26-25-10-9-19-5-1-3-7-22(19)24(25)11-13-27(26)30(28)21-15-16-36-18-21/h1-11,13,15-18,28,30H,12,14H2,(H,34,35). The first-order chi connectivity index (χ1) is 17.7. The predicted octanol–water partition coefficient (Wildman–Crippen LogP) is 7.69. The maximum absolute atomic E-state index is 12.1. The lowest BCUT2D eigenvalue weighted by molar-refractivity contribution is 0.0692. The molecule has 4 aromatic carbocycles. The zero-order valence-electron chi connectivity index (χ0n) is 19.5. The average Bonchev–Trinajstić information content (AvgIpc) is 3.46. The van der Waals surface area contributed by atoms with E-state index in [9.17, 15) is 9.90 Å². The molecular weight excluding hydrogens is 446 g/mol. The van der Waals surface area contributed by atoms with Crippen molar-refractivity contribution in [2.45, 2.75) is 24.7 Å². The van der Waals surface area contributed by atoms with Gasteiger partial charge in [-0.2, -0.15) is 0 Å². The number of furan rings is 1. The molecule has 0 saturated heterocycles. The molecule has 7 rings (SSSR count). The highest BCUT2D eigenvalue weighted by atomic mass is 16.4. The smallest absolute Gasteiger partial charge is 0.355 e. The fourth-order valence-electron chi connectivity index (χ4n) is 6.18. The second kappa shape index (κ2) is 8.06. The van der Waals surface area contributed by atoms with Crippen LogP contribution in [0.25, 0.3) is 32.3 Å². The van der Waals surface area contributed by atoms with Gasteiger partial charge in [0.25, 0.3) is 0 Å². The van der Waals surface area contributed by atoms with Crippen molar-refractivity contribution in [2.75, 3.05) is 0 Å². The molecule has 2 heterocycles. The van der Waals surface area contributed by atoms with E-state index >= 15 is 0 Å². The molecule has 4 heteroatoms. The van der Waals surface area contributed by atoms with Crippen LogP contribution in [-0.2, 0) is 6.42 Å². The fourth-order valence-corrected chi connectivity index (χ4v) is 6.18. The van der Waals surface area contributed by atoms with E-state index in [0.717, 1.165) is 29.5 Å². The lowest BCUT2D eigenvalue weighted by Gasteiger charge is -2.34. The molecule has 36 heavy (non-hydrogen) atoms. The second-order valence-corrected chi connectivity index (χ2v) is 9.62. The third-order valence-electron chi connectivity index (χ3n) is 7.76. The van der Waals surface area contributed by atoms with E-state index in [1.165, 1.54) is 32.7 Å². The number of carbonyl (C=O) groups is 1. The van der Waals surface area contributed by atoms with Crippen LogP contribution in [0.3, 0.4) is 0 Å².